The van der Waals surface area contributed by atoms with Crippen molar-refractivity contribution < 1.29 is 8.42 Å². The molecule has 108 valence electrons. The van der Waals surface area contributed by atoms with Crippen molar-refractivity contribution in [3.05, 3.63) is 16.5 Å². The minimum absolute atomic E-state index is 0.381. The Hall–Kier alpha value is -0.100. The molecule has 0 spiro atoms. The SMILES string of the molecule is Cc1cc(S(=O)(=O)N2CCCCCCC2)sc1CCl. The smallest absolute Gasteiger partial charge is 0.206 e. The van der Waals surface area contributed by atoms with Crippen LogP contribution in [0.15, 0.2) is 10.3 Å². The zero-order valence-corrected chi connectivity index (χ0v) is 13.6. The van der Waals surface area contributed by atoms with E-state index in [0.717, 1.165) is 36.1 Å². The third-order valence-electron chi connectivity index (χ3n) is 3.53. The molecule has 1 aliphatic rings. The van der Waals surface area contributed by atoms with Crippen LogP contribution in [-0.2, 0) is 15.9 Å². The highest BCUT2D eigenvalue weighted by Gasteiger charge is 2.26. The van der Waals surface area contributed by atoms with Gasteiger partial charge >= 0.3 is 0 Å². The lowest BCUT2D eigenvalue weighted by molar-refractivity contribution is 0.365. The van der Waals surface area contributed by atoms with Gasteiger partial charge in [-0.3, -0.25) is 0 Å². The van der Waals surface area contributed by atoms with Crippen LogP contribution in [0, 0.1) is 6.92 Å². The van der Waals surface area contributed by atoms with Crippen molar-refractivity contribution in [1.82, 2.24) is 4.31 Å². The Labute approximate surface area is 124 Å². The third kappa shape index (κ3) is 3.51. The van der Waals surface area contributed by atoms with E-state index in [2.05, 4.69) is 0 Å². The summed E-state index contributed by atoms with van der Waals surface area (Å²) < 4.78 is 27.3. The van der Waals surface area contributed by atoms with Crippen LogP contribution >= 0.6 is 22.9 Å². The lowest BCUT2D eigenvalue weighted by Gasteiger charge is -2.23. The lowest BCUT2D eigenvalue weighted by atomic mass is 10.1. The van der Waals surface area contributed by atoms with Gasteiger partial charge in [-0.1, -0.05) is 19.3 Å². The van der Waals surface area contributed by atoms with E-state index < -0.39 is 10.0 Å². The molecule has 1 fully saturated rings. The molecule has 1 aromatic heterocycles. The van der Waals surface area contributed by atoms with Gasteiger partial charge in [0, 0.05) is 18.0 Å². The summed E-state index contributed by atoms with van der Waals surface area (Å²) in [7, 11) is -3.32. The highest BCUT2D eigenvalue weighted by Crippen LogP contribution is 2.30. The van der Waals surface area contributed by atoms with E-state index in [1.165, 1.54) is 17.8 Å². The van der Waals surface area contributed by atoms with Crippen LogP contribution < -0.4 is 0 Å². The second-order valence-electron chi connectivity index (χ2n) is 4.98. The van der Waals surface area contributed by atoms with Gasteiger partial charge in [-0.15, -0.1) is 22.9 Å². The molecular weight excluding hydrogens is 302 g/mol. The van der Waals surface area contributed by atoms with Crippen LogP contribution in [0.5, 0.6) is 0 Å². The molecule has 0 saturated carbocycles. The van der Waals surface area contributed by atoms with Gasteiger partial charge < -0.3 is 0 Å². The maximum atomic E-state index is 12.6. The quantitative estimate of drug-likeness (QED) is 0.795. The van der Waals surface area contributed by atoms with E-state index in [-0.39, 0.29) is 0 Å². The zero-order chi connectivity index (χ0) is 13.9. The standard InChI is InChI=1S/C13H20ClNO2S2/c1-11-9-13(18-12(11)10-14)19(16,17)15-7-5-3-2-4-6-8-15/h9H,2-8,10H2,1H3. The van der Waals surface area contributed by atoms with Crippen molar-refractivity contribution in [3.8, 4) is 0 Å². The average molecular weight is 322 g/mol. The van der Waals surface area contributed by atoms with Crippen LogP contribution in [-0.4, -0.2) is 25.8 Å². The predicted octanol–water partition coefficient (Wildman–Crippen LogP) is 3.75. The van der Waals surface area contributed by atoms with Gasteiger partial charge in [-0.25, -0.2) is 8.42 Å². The summed E-state index contributed by atoms with van der Waals surface area (Å²) in [6.07, 6.45) is 5.41. The van der Waals surface area contributed by atoms with E-state index >= 15 is 0 Å². The molecule has 3 nitrogen and oxygen atoms in total. The average Bonchev–Trinajstić information content (AvgIpc) is 2.70. The fourth-order valence-corrected chi connectivity index (χ4v) is 5.82. The Bertz CT molecular complexity index is 517. The summed E-state index contributed by atoms with van der Waals surface area (Å²) in [5.41, 5.74) is 0.977. The number of sulfonamides is 1. The number of halogens is 1. The molecule has 0 aliphatic carbocycles. The van der Waals surface area contributed by atoms with Crippen LogP contribution in [0.4, 0.5) is 0 Å². The molecule has 0 bridgehead atoms. The lowest BCUT2D eigenvalue weighted by Crippen LogP contribution is -2.33. The van der Waals surface area contributed by atoms with E-state index in [1.54, 1.807) is 10.4 Å². The predicted molar refractivity (Wildman–Crippen MR) is 80.5 cm³/mol. The Kier molecular flexibility index (Phi) is 5.29. The fourth-order valence-electron chi connectivity index (χ4n) is 2.33. The molecule has 2 heterocycles. The Morgan fingerprint density at radius 2 is 1.79 bits per heavy atom. The molecule has 0 unspecified atom stereocenters. The zero-order valence-electron chi connectivity index (χ0n) is 11.2. The summed E-state index contributed by atoms with van der Waals surface area (Å²) in [6, 6.07) is 1.76. The van der Waals surface area contributed by atoms with Crippen LogP contribution in [0.25, 0.3) is 0 Å². The van der Waals surface area contributed by atoms with E-state index in [0.29, 0.717) is 23.2 Å². The molecule has 1 aromatic rings. The van der Waals surface area contributed by atoms with Crippen molar-refractivity contribution in [2.45, 2.75) is 49.1 Å². The molecule has 1 aliphatic heterocycles. The summed E-state index contributed by atoms with van der Waals surface area (Å²) in [5, 5.41) is 0. The van der Waals surface area contributed by atoms with Crippen molar-refractivity contribution in [1.29, 1.82) is 0 Å². The molecule has 0 atom stereocenters. The summed E-state index contributed by atoms with van der Waals surface area (Å²) >= 11 is 7.14. The first-order valence-corrected chi connectivity index (χ1v) is 9.50. The Morgan fingerprint density at radius 3 is 2.32 bits per heavy atom. The Balaban J connectivity index is 2.23. The highest BCUT2D eigenvalue weighted by molar-refractivity contribution is 7.91. The van der Waals surface area contributed by atoms with Gasteiger partial charge in [0.1, 0.15) is 4.21 Å². The summed E-state index contributed by atoms with van der Waals surface area (Å²) in [6.45, 7) is 3.21. The molecule has 2 rings (SSSR count). The van der Waals surface area contributed by atoms with E-state index in [9.17, 15) is 8.42 Å². The molecule has 0 N–H and O–H groups in total. The van der Waals surface area contributed by atoms with Crippen molar-refractivity contribution in [3.63, 3.8) is 0 Å². The van der Waals surface area contributed by atoms with Gasteiger partial charge in [0.15, 0.2) is 0 Å². The van der Waals surface area contributed by atoms with Crippen molar-refractivity contribution >= 4 is 33.0 Å². The van der Waals surface area contributed by atoms with E-state index in [1.807, 2.05) is 6.92 Å². The number of rotatable bonds is 3. The van der Waals surface area contributed by atoms with Gasteiger partial charge in [0.2, 0.25) is 0 Å². The minimum atomic E-state index is -3.32. The summed E-state index contributed by atoms with van der Waals surface area (Å²) in [4.78, 5) is 0.951. The molecular formula is C13H20ClNO2S2. The topological polar surface area (TPSA) is 37.4 Å². The van der Waals surface area contributed by atoms with Crippen molar-refractivity contribution in [2.75, 3.05) is 13.1 Å². The minimum Gasteiger partial charge on any atom is -0.206 e. The fraction of sp³-hybridized carbons (Fsp3) is 0.692. The van der Waals surface area contributed by atoms with Gasteiger partial charge in [0.25, 0.3) is 10.0 Å². The molecule has 1 saturated heterocycles. The number of nitrogens with zero attached hydrogens (tertiary/aromatic N) is 1. The number of thiophene rings is 1. The first-order valence-electron chi connectivity index (χ1n) is 6.71. The van der Waals surface area contributed by atoms with Crippen molar-refractivity contribution in [2.24, 2.45) is 0 Å². The maximum absolute atomic E-state index is 12.6. The maximum Gasteiger partial charge on any atom is 0.252 e. The van der Waals surface area contributed by atoms with Crippen LogP contribution in [0.1, 0.15) is 42.5 Å². The second kappa shape index (κ2) is 6.57. The molecule has 0 aromatic carbocycles. The van der Waals surface area contributed by atoms with Gasteiger partial charge in [-0.2, -0.15) is 4.31 Å². The second-order valence-corrected chi connectivity index (χ2v) is 8.55. The number of alkyl halides is 1. The highest BCUT2D eigenvalue weighted by atomic mass is 35.5. The number of hydrogen-bond donors (Lipinski definition) is 0. The molecule has 0 amide bonds. The first-order chi connectivity index (χ1) is 9.05. The van der Waals surface area contributed by atoms with Gasteiger partial charge in [0.05, 0.1) is 5.88 Å². The van der Waals surface area contributed by atoms with Crippen LogP contribution in [0.3, 0.4) is 0 Å². The molecule has 0 radical (unpaired) electrons. The summed E-state index contributed by atoms with van der Waals surface area (Å²) in [5.74, 6) is 0.381. The third-order valence-corrected chi connectivity index (χ3v) is 7.54. The largest absolute Gasteiger partial charge is 0.252 e. The molecule has 19 heavy (non-hydrogen) atoms. The normalized spacial score (nSPS) is 19.1. The first kappa shape index (κ1) is 15.3. The molecule has 6 heteroatoms. The van der Waals surface area contributed by atoms with E-state index in [4.69, 9.17) is 11.6 Å². The van der Waals surface area contributed by atoms with Gasteiger partial charge in [-0.05, 0) is 31.4 Å². The Morgan fingerprint density at radius 1 is 1.21 bits per heavy atom. The number of hydrogen-bond acceptors (Lipinski definition) is 3. The number of aryl methyl sites for hydroxylation is 1. The van der Waals surface area contributed by atoms with Crippen LogP contribution in [0.2, 0.25) is 0 Å². The monoisotopic (exact) mass is 321 g/mol.